The van der Waals surface area contributed by atoms with Gasteiger partial charge in [-0.05, 0) is 13.8 Å². The van der Waals surface area contributed by atoms with Crippen molar-refractivity contribution in [3.63, 3.8) is 0 Å². The van der Waals surface area contributed by atoms with Gasteiger partial charge in [0.25, 0.3) is 0 Å². The maximum atomic E-state index is 12.4. The second kappa shape index (κ2) is 14.4. The zero-order valence-electron chi connectivity index (χ0n) is 17.1. The average Bonchev–Trinajstić information content (AvgIpc) is 2.63. The summed E-state index contributed by atoms with van der Waals surface area (Å²) in [6.45, 7) is 6.44. The average molecular weight is 406 g/mol. The molecule has 0 aromatic carbocycles. The van der Waals surface area contributed by atoms with Crippen molar-refractivity contribution in [2.24, 2.45) is 0 Å². The van der Waals surface area contributed by atoms with Crippen molar-refractivity contribution in [3.05, 3.63) is 12.2 Å². The largest absolute Gasteiger partial charge is 0.460 e. The number of nitrogens with one attached hydrogen (secondary N) is 1. The number of ether oxygens (including phenoxy) is 3. The number of esters is 1. The number of aliphatic hydroxyl groups is 3. The molecule has 0 radical (unpaired) electrons. The maximum Gasteiger partial charge on any atom is 0.333 e. The topological polar surface area (TPSA) is 138 Å². The fourth-order valence-corrected chi connectivity index (χ4v) is 2.31. The van der Waals surface area contributed by atoms with Crippen LogP contribution < -0.4 is 5.32 Å². The van der Waals surface area contributed by atoms with Crippen LogP contribution >= 0.6 is 0 Å². The molecule has 28 heavy (non-hydrogen) atoms. The summed E-state index contributed by atoms with van der Waals surface area (Å²) >= 11 is 0. The van der Waals surface area contributed by atoms with Crippen molar-refractivity contribution in [3.8, 4) is 0 Å². The lowest BCUT2D eigenvalue weighted by molar-refractivity contribution is -0.143. The lowest BCUT2D eigenvalue weighted by Gasteiger charge is -2.31. The SMILES string of the molecule is C=C(C)C(=O)OCC(O)CN(CC(O)COC)C(C)C(=O)NCC(O)COC. The Morgan fingerprint density at radius 2 is 1.50 bits per heavy atom. The van der Waals surface area contributed by atoms with Gasteiger partial charge < -0.3 is 34.8 Å². The molecule has 0 spiro atoms. The first-order valence-electron chi connectivity index (χ1n) is 8.98. The van der Waals surface area contributed by atoms with Gasteiger partial charge in [-0.2, -0.15) is 0 Å². The molecule has 0 rings (SSSR count). The van der Waals surface area contributed by atoms with E-state index in [4.69, 9.17) is 14.2 Å². The highest BCUT2D eigenvalue weighted by atomic mass is 16.5. The molecule has 0 aliphatic rings. The van der Waals surface area contributed by atoms with Crippen LogP contribution in [0.15, 0.2) is 12.2 Å². The molecule has 4 N–H and O–H groups in total. The molecule has 0 aliphatic heterocycles. The van der Waals surface area contributed by atoms with E-state index in [0.717, 1.165) is 0 Å². The fourth-order valence-electron chi connectivity index (χ4n) is 2.31. The summed E-state index contributed by atoms with van der Waals surface area (Å²) in [7, 11) is 2.88. The highest BCUT2D eigenvalue weighted by Gasteiger charge is 2.26. The van der Waals surface area contributed by atoms with Crippen molar-refractivity contribution in [2.75, 3.05) is 53.7 Å². The van der Waals surface area contributed by atoms with Gasteiger partial charge in [0, 0.05) is 39.4 Å². The van der Waals surface area contributed by atoms with Crippen LogP contribution in [-0.2, 0) is 23.8 Å². The summed E-state index contributed by atoms with van der Waals surface area (Å²) in [4.78, 5) is 25.4. The number of nitrogens with zero attached hydrogens (tertiary/aromatic N) is 1. The van der Waals surface area contributed by atoms with Gasteiger partial charge in [0.2, 0.25) is 5.91 Å². The summed E-state index contributed by atoms with van der Waals surface area (Å²) in [5.74, 6) is -1.02. The zero-order valence-corrected chi connectivity index (χ0v) is 17.1. The van der Waals surface area contributed by atoms with Gasteiger partial charge >= 0.3 is 5.97 Å². The minimum absolute atomic E-state index is 0.00422. The van der Waals surface area contributed by atoms with E-state index in [2.05, 4.69) is 11.9 Å². The van der Waals surface area contributed by atoms with Crippen LogP contribution in [0.4, 0.5) is 0 Å². The van der Waals surface area contributed by atoms with E-state index >= 15 is 0 Å². The van der Waals surface area contributed by atoms with Crippen LogP contribution in [0.2, 0.25) is 0 Å². The molecule has 4 atom stereocenters. The first-order chi connectivity index (χ1) is 13.1. The number of hydrogen-bond donors (Lipinski definition) is 4. The van der Waals surface area contributed by atoms with Crippen molar-refractivity contribution < 1.29 is 39.1 Å². The van der Waals surface area contributed by atoms with Gasteiger partial charge in [-0.1, -0.05) is 6.58 Å². The Hall–Kier alpha value is -1.56. The molecule has 0 bridgehead atoms. The van der Waals surface area contributed by atoms with Crippen molar-refractivity contribution in [1.82, 2.24) is 10.2 Å². The number of aliphatic hydroxyl groups excluding tert-OH is 3. The monoisotopic (exact) mass is 406 g/mol. The van der Waals surface area contributed by atoms with Crippen molar-refractivity contribution in [2.45, 2.75) is 38.2 Å². The smallest absolute Gasteiger partial charge is 0.333 e. The summed E-state index contributed by atoms with van der Waals surface area (Å²) in [6, 6.07) is -0.729. The summed E-state index contributed by atoms with van der Waals surface area (Å²) in [5, 5.41) is 32.4. The molecule has 0 saturated carbocycles. The highest BCUT2D eigenvalue weighted by molar-refractivity contribution is 5.86. The molecule has 0 heterocycles. The van der Waals surface area contributed by atoms with E-state index in [9.17, 15) is 24.9 Å². The Kier molecular flexibility index (Phi) is 13.6. The van der Waals surface area contributed by atoms with E-state index in [0.29, 0.717) is 0 Å². The summed E-state index contributed by atoms with van der Waals surface area (Å²) in [5.41, 5.74) is 0.210. The zero-order chi connectivity index (χ0) is 21.7. The Bertz CT molecular complexity index is 488. The van der Waals surface area contributed by atoms with Crippen LogP contribution in [0.25, 0.3) is 0 Å². The molecule has 0 aromatic rings. The Labute approximate surface area is 166 Å². The molecule has 0 aliphatic carbocycles. The Morgan fingerprint density at radius 3 is 2.00 bits per heavy atom. The van der Waals surface area contributed by atoms with Gasteiger partial charge in [-0.25, -0.2) is 4.79 Å². The summed E-state index contributed by atoms with van der Waals surface area (Å²) < 4.78 is 14.6. The number of methoxy groups -OCH3 is 2. The van der Waals surface area contributed by atoms with E-state index < -0.39 is 36.2 Å². The molecule has 0 saturated heterocycles. The minimum atomic E-state index is -1.08. The van der Waals surface area contributed by atoms with E-state index in [1.54, 1.807) is 11.8 Å². The third kappa shape index (κ3) is 11.3. The Balaban J connectivity index is 4.85. The lowest BCUT2D eigenvalue weighted by atomic mass is 10.2. The van der Waals surface area contributed by atoms with E-state index in [1.807, 2.05) is 0 Å². The van der Waals surface area contributed by atoms with Gasteiger partial charge in [0.05, 0.1) is 31.5 Å². The van der Waals surface area contributed by atoms with Gasteiger partial charge in [-0.15, -0.1) is 0 Å². The molecule has 4 unspecified atom stereocenters. The first kappa shape index (κ1) is 26.4. The normalized spacial score (nSPS) is 15.6. The molecule has 10 heteroatoms. The maximum absolute atomic E-state index is 12.4. The van der Waals surface area contributed by atoms with Crippen LogP contribution in [0.3, 0.4) is 0 Å². The number of amides is 1. The number of hydrogen-bond acceptors (Lipinski definition) is 9. The third-order valence-electron chi connectivity index (χ3n) is 3.80. The molecular formula is C18H34N2O8. The van der Waals surface area contributed by atoms with E-state index in [1.165, 1.54) is 21.1 Å². The van der Waals surface area contributed by atoms with Gasteiger partial charge in [-0.3, -0.25) is 9.69 Å². The quantitative estimate of drug-likeness (QED) is 0.185. The van der Waals surface area contributed by atoms with Gasteiger partial charge in [0.15, 0.2) is 0 Å². The standard InChI is InChI=1S/C18H34N2O8/c1-12(2)18(25)28-11-16(23)8-20(7-15(22)10-27-5)13(3)17(24)19-6-14(21)9-26-4/h13-16,21-23H,1,6-11H2,2-5H3,(H,19,24). The second-order valence-electron chi connectivity index (χ2n) is 6.63. The molecule has 0 aromatic heterocycles. The van der Waals surface area contributed by atoms with Crippen LogP contribution in [0, 0.1) is 0 Å². The molecule has 0 fully saturated rings. The predicted octanol–water partition coefficient (Wildman–Crippen LogP) is -1.71. The molecular weight excluding hydrogens is 372 g/mol. The Morgan fingerprint density at radius 1 is 1.00 bits per heavy atom. The number of carbonyl (C=O) groups is 2. The minimum Gasteiger partial charge on any atom is -0.460 e. The molecule has 10 nitrogen and oxygen atoms in total. The highest BCUT2D eigenvalue weighted by Crippen LogP contribution is 2.06. The van der Waals surface area contributed by atoms with Gasteiger partial charge in [0.1, 0.15) is 12.7 Å². The molecule has 164 valence electrons. The second-order valence-corrected chi connectivity index (χ2v) is 6.63. The van der Waals surface area contributed by atoms with Crippen LogP contribution in [-0.4, -0.2) is 110 Å². The summed E-state index contributed by atoms with van der Waals surface area (Å²) in [6.07, 6.45) is -2.81. The van der Waals surface area contributed by atoms with Crippen molar-refractivity contribution in [1.29, 1.82) is 0 Å². The number of rotatable bonds is 15. The molecule has 1 amide bonds. The number of carbonyl (C=O) groups excluding carboxylic acids is 2. The van der Waals surface area contributed by atoms with Crippen molar-refractivity contribution >= 4 is 11.9 Å². The van der Waals surface area contributed by atoms with Crippen LogP contribution in [0.1, 0.15) is 13.8 Å². The van der Waals surface area contributed by atoms with E-state index in [-0.39, 0.29) is 45.0 Å². The fraction of sp³-hybridized carbons (Fsp3) is 0.778. The predicted molar refractivity (Wildman–Crippen MR) is 102 cm³/mol. The lowest BCUT2D eigenvalue weighted by Crippen LogP contribution is -2.52. The van der Waals surface area contributed by atoms with Crippen LogP contribution in [0.5, 0.6) is 0 Å². The third-order valence-corrected chi connectivity index (χ3v) is 3.80. The first-order valence-corrected chi connectivity index (χ1v) is 8.98.